The second kappa shape index (κ2) is 5.36. The molecule has 1 aliphatic rings. The zero-order valence-electron chi connectivity index (χ0n) is 12.2. The first kappa shape index (κ1) is 13.3. The van der Waals surface area contributed by atoms with Gasteiger partial charge in [0.1, 0.15) is 18.1 Å². The largest absolute Gasteiger partial charge is 0.371 e. The molecule has 1 N–H and O–H groups in total. The summed E-state index contributed by atoms with van der Waals surface area (Å²) in [5.41, 5.74) is 1.63. The Kier molecular flexibility index (Phi) is 3.56. The number of nitrogens with one attached hydrogen (secondary N) is 1. The Morgan fingerprint density at radius 3 is 2.95 bits per heavy atom. The van der Waals surface area contributed by atoms with E-state index in [1.165, 1.54) is 0 Å². The lowest BCUT2D eigenvalue weighted by Crippen LogP contribution is -2.13. The van der Waals surface area contributed by atoms with Crippen LogP contribution in [0.15, 0.2) is 12.7 Å². The zero-order chi connectivity index (χ0) is 14.1. The maximum absolute atomic E-state index is 6.14. The van der Waals surface area contributed by atoms with Gasteiger partial charge in [0, 0.05) is 7.05 Å². The average Bonchev–Trinajstić information content (AvgIpc) is 3.03. The standard InChI is InChI=1S/C14H21N5O/c1-9(2)6-10-4-5-11(20-10)19-8-18-12-13(15-3)16-7-17-14(12)19/h7-11H,4-6H2,1-3H3,(H,15,16,17). The Morgan fingerprint density at radius 1 is 1.35 bits per heavy atom. The normalized spacial score (nSPS) is 22.8. The first-order chi connectivity index (χ1) is 9.69. The highest BCUT2D eigenvalue weighted by atomic mass is 16.5. The van der Waals surface area contributed by atoms with Crippen LogP contribution in [0.2, 0.25) is 0 Å². The summed E-state index contributed by atoms with van der Waals surface area (Å²) in [6.45, 7) is 4.46. The van der Waals surface area contributed by atoms with E-state index >= 15 is 0 Å². The maximum Gasteiger partial charge on any atom is 0.167 e. The molecule has 108 valence electrons. The zero-order valence-corrected chi connectivity index (χ0v) is 12.2. The van der Waals surface area contributed by atoms with Crippen LogP contribution in [0.3, 0.4) is 0 Å². The lowest BCUT2D eigenvalue weighted by molar-refractivity contribution is -0.00443. The Hall–Kier alpha value is -1.69. The summed E-state index contributed by atoms with van der Waals surface area (Å²) in [6, 6.07) is 0. The molecular weight excluding hydrogens is 254 g/mol. The van der Waals surface area contributed by atoms with Crippen molar-refractivity contribution < 1.29 is 4.74 Å². The van der Waals surface area contributed by atoms with Gasteiger partial charge in [-0.1, -0.05) is 13.8 Å². The number of nitrogens with zero attached hydrogens (tertiary/aromatic N) is 4. The highest BCUT2D eigenvalue weighted by Gasteiger charge is 2.28. The van der Waals surface area contributed by atoms with Gasteiger partial charge in [0.25, 0.3) is 0 Å². The molecule has 20 heavy (non-hydrogen) atoms. The number of hydrogen-bond acceptors (Lipinski definition) is 5. The monoisotopic (exact) mass is 275 g/mol. The molecule has 6 heteroatoms. The van der Waals surface area contributed by atoms with Gasteiger partial charge < -0.3 is 10.1 Å². The molecule has 2 aromatic rings. The van der Waals surface area contributed by atoms with Crippen molar-refractivity contribution >= 4 is 17.0 Å². The van der Waals surface area contributed by atoms with Crippen LogP contribution in [-0.2, 0) is 4.74 Å². The minimum atomic E-state index is 0.0448. The maximum atomic E-state index is 6.14. The number of aromatic nitrogens is 4. The lowest BCUT2D eigenvalue weighted by atomic mass is 10.0. The van der Waals surface area contributed by atoms with E-state index in [1.807, 2.05) is 17.9 Å². The average molecular weight is 275 g/mol. The van der Waals surface area contributed by atoms with Gasteiger partial charge in [0.2, 0.25) is 0 Å². The molecule has 0 amide bonds. The summed E-state index contributed by atoms with van der Waals surface area (Å²) in [6.07, 6.45) is 7.00. The number of rotatable bonds is 4. The summed E-state index contributed by atoms with van der Waals surface area (Å²) < 4.78 is 8.17. The molecule has 2 atom stereocenters. The van der Waals surface area contributed by atoms with Crippen LogP contribution in [0.25, 0.3) is 11.2 Å². The van der Waals surface area contributed by atoms with E-state index in [4.69, 9.17) is 4.74 Å². The SMILES string of the molecule is CNc1ncnc2c1ncn2C1CCC(CC(C)C)O1. The highest BCUT2D eigenvalue weighted by Crippen LogP contribution is 2.33. The summed E-state index contributed by atoms with van der Waals surface area (Å²) >= 11 is 0. The van der Waals surface area contributed by atoms with Gasteiger partial charge >= 0.3 is 0 Å². The van der Waals surface area contributed by atoms with Crippen LogP contribution in [0, 0.1) is 5.92 Å². The van der Waals surface area contributed by atoms with Crippen LogP contribution >= 0.6 is 0 Å². The van der Waals surface area contributed by atoms with Crippen molar-refractivity contribution in [3.8, 4) is 0 Å². The van der Waals surface area contributed by atoms with Crippen LogP contribution in [0.1, 0.15) is 39.3 Å². The molecule has 0 bridgehead atoms. The first-order valence-electron chi connectivity index (χ1n) is 7.19. The van der Waals surface area contributed by atoms with E-state index in [2.05, 4.69) is 34.1 Å². The number of anilines is 1. The van der Waals surface area contributed by atoms with Gasteiger partial charge in [-0.05, 0) is 25.2 Å². The predicted molar refractivity (Wildman–Crippen MR) is 77.5 cm³/mol. The van der Waals surface area contributed by atoms with Gasteiger partial charge in [-0.2, -0.15) is 0 Å². The van der Waals surface area contributed by atoms with Crippen LogP contribution < -0.4 is 5.32 Å². The van der Waals surface area contributed by atoms with Crippen molar-refractivity contribution in [3.05, 3.63) is 12.7 Å². The minimum absolute atomic E-state index is 0.0448. The fourth-order valence-corrected chi connectivity index (χ4v) is 2.84. The molecule has 0 radical (unpaired) electrons. The van der Waals surface area contributed by atoms with Gasteiger partial charge in [0.05, 0.1) is 12.4 Å². The first-order valence-corrected chi connectivity index (χ1v) is 7.19. The van der Waals surface area contributed by atoms with E-state index in [9.17, 15) is 0 Å². The van der Waals surface area contributed by atoms with Crippen LogP contribution in [0.5, 0.6) is 0 Å². The number of imidazole rings is 1. The fourth-order valence-electron chi connectivity index (χ4n) is 2.84. The van der Waals surface area contributed by atoms with Crippen molar-refractivity contribution in [1.29, 1.82) is 0 Å². The number of ether oxygens (including phenoxy) is 1. The topological polar surface area (TPSA) is 64.9 Å². The second-order valence-electron chi connectivity index (χ2n) is 5.72. The quantitative estimate of drug-likeness (QED) is 0.929. The van der Waals surface area contributed by atoms with Crippen molar-refractivity contribution in [2.45, 2.75) is 45.4 Å². The van der Waals surface area contributed by atoms with Gasteiger partial charge in [0.15, 0.2) is 11.5 Å². The van der Waals surface area contributed by atoms with Crippen molar-refractivity contribution in [1.82, 2.24) is 19.5 Å². The molecule has 2 aromatic heterocycles. The number of hydrogen-bond donors (Lipinski definition) is 1. The molecule has 1 aliphatic heterocycles. The Labute approximate surface area is 118 Å². The fraction of sp³-hybridized carbons (Fsp3) is 0.643. The van der Waals surface area contributed by atoms with Crippen molar-refractivity contribution in [3.63, 3.8) is 0 Å². The summed E-state index contributed by atoms with van der Waals surface area (Å²) in [4.78, 5) is 12.9. The summed E-state index contributed by atoms with van der Waals surface area (Å²) in [7, 11) is 1.84. The molecule has 0 spiro atoms. The molecule has 0 saturated carbocycles. The molecule has 0 aromatic carbocycles. The van der Waals surface area contributed by atoms with E-state index in [-0.39, 0.29) is 6.23 Å². The molecule has 3 rings (SSSR count). The third-order valence-electron chi connectivity index (χ3n) is 3.73. The van der Waals surface area contributed by atoms with E-state index in [0.29, 0.717) is 12.0 Å². The van der Waals surface area contributed by atoms with E-state index in [0.717, 1.165) is 36.2 Å². The number of fused-ring (bicyclic) bond motifs is 1. The molecular formula is C14H21N5O. The molecule has 3 heterocycles. The molecule has 2 unspecified atom stereocenters. The smallest absolute Gasteiger partial charge is 0.167 e. The van der Waals surface area contributed by atoms with Crippen LogP contribution in [0.4, 0.5) is 5.82 Å². The predicted octanol–water partition coefficient (Wildman–Crippen LogP) is 2.59. The Balaban J connectivity index is 1.85. The molecule has 0 aliphatic carbocycles. The Morgan fingerprint density at radius 2 is 2.20 bits per heavy atom. The third kappa shape index (κ3) is 2.35. The summed E-state index contributed by atoms with van der Waals surface area (Å²) in [5.74, 6) is 1.42. The van der Waals surface area contributed by atoms with E-state index in [1.54, 1.807) is 6.33 Å². The van der Waals surface area contributed by atoms with Gasteiger partial charge in [-0.25, -0.2) is 15.0 Å². The lowest BCUT2D eigenvalue weighted by Gasteiger charge is -2.16. The summed E-state index contributed by atoms with van der Waals surface area (Å²) in [5, 5.41) is 3.04. The van der Waals surface area contributed by atoms with Crippen LogP contribution in [-0.4, -0.2) is 32.7 Å². The third-order valence-corrected chi connectivity index (χ3v) is 3.73. The van der Waals surface area contributed by atoms with E-state index < -0.39 is 0 Å². The molecule has 6 nitrogen and oxygen atoms in total. The van der Waals surface area contributed by atoms with Crippen molar-refractivity contribution in [2.75, 3.05) is 12.4 Å². The van der Waals surface area contributed by atoms with Gasteiger partial charge in [-0.15, -0.1) is 0 Å². The van der Waals surface area contributed by atoms with Crippen molar-refractivity contribution in [2.24, 2.45) is 5.92 Å². The molecule has 1 saturated heterocycles. The minimum Gasteiger partial charge on any atom is -0.371 e. The molecule has 1 fully saturated rings. The Bertz CT molecular complexity index is 594. The van der Waals surface area contributed by atoms with Gasteiger partial charge in [-0.3, -0.25) is 4.57 Å². The highest BCUT2D eigenvalue weighted by molar-refractivity contribution is 5.82. The second-order valence-corrected chi connectivity index (χ2v) is 5.72.